The first-order valence-electron chi connectivity index (χ1n) is 9.55. The van der Waals surface area contributed by atoms with E-state index in [2.05, 4.69) is 0 Å². The number of hydrogen-bond donors (Lipinski definition) is 2. The van der Waals surface area contributed by atoms with Crippen molar-refractivity contribution in [1.29, 1.82) is 0 Å². The zero-order valence-electron chi connectivity index (χ0n) is 16.2. The fourth-order valence-electron chi connectivity index (χ4n) is 4.43. The molecule has 0 bridgehead atoms. The summed E-state index contributed by atoms with van der Waals surface area (Å²) < 4.78 is 106. The topological polar surface area (TPSA) is 77.8 Å². The van der Waals surface area contributed by atoms with Crippen LogP contribution in [0.2, 0.25) is 0 Å². The molecule has 2 aromatic carbocycles. The van der Waals surface area contributed by atoms with Gasteiger partial charge in [-0.25, -0.2) is 21.6 Å². The number of hydrogen-bond acceptors (Lipinski definition) is 5. The summed E-state index contributed by atoms with van der Waals surface area (Å²) in [5.41, 5.74) is -6.63. The Morgan fingerprint density at radius 2 is 1.84 bits per heavy atom. The molecule has 0 amide bonds. The smallest absolute Gasteiger partial charge is 0.396 e. The summed E-state index contributed by atoms with van der Waals surface area (Å²) in [6.07, 6.45) is -4.57. The van der Waals surface area contributed by atoms with E-state index >= 15 is 0 Å². The second-order valence-electron chi connectivity index (χ2n) is 7.73. The minimum atomic E-state index is -5.89. The SMILES string of the molecule is O=S(=O)(c1ccc(N2CCC(CO)c3cc(F)cc(F)c32)c2c1C(O)C(F)C2)C(F)(F)F. The summed E-state index contributed by atoms with van der Waals surface area (Å²) >= 11 is 0. The number of nitrogens with zero attached hydrogens (tertiary/aromatic N) is 1. The molecular weight excluding hydrogens is 464 g/mol. The van der Waals surface area contributed by atoms with Gasteiger partial charge < -0.3 is 15.1 Å². The third kappa shape index (κ3) is 3.35. The molecule has 0 saturated carbocycles. The van der Waals surface area contributed by atoms with Crippen LogP contribution in [-0.4, -0.2) is 43.5 Å². The maximum Gasteiger partial charge on any atom is 0.501 e. The van der Waals surface area contributed by atoms with Crippen LogP contribution >= 0.6 is 0 Å². The lowest BCUT2D eigenvalue weighted by atomic mass is 9.89. The van der Waals surface area contributed by atoms with Crippen molar-refractivity contribution < 1.29 is 45.0 Å². The molecule has 3 atom stereocenters. The maximum atomic E-state index is 14.8. The van der Waals surface area contributed by atoms with Crippen LogP contribution < -0.4 is 4.90 Å². The van der Waals surface area contributed by atoms with Gasteiger partial charge in [-0.05, 0) is 35.7 Å². The molecular formula is C20H17F6NO4S. The quantitative estimate of drug-likeness (QED) is 0.653. The number of fused-ring (bicyclic) bond motifs is 2. The van der Waals surface area contributed by atoms with Gasteiger partial charge in [0.15, 0.2) is 0 Å². The number of halogens is 6. The van der Waals surface area contributed by atoms with Crippen LogP contribution in [0.15, 0.2) is 29.2 Å². The van der Waals surface area contributed by atoms with Crippen molar-refractivity contribution in [1.82, 2.24) is 0 Å². The lowest BCUT2D eigenvalue weighted by molar-refractivity contribution is -0.0437. The summed E-state index contributed by atoms with van der Waals surface area (Å²) in [6.45, 7) is -0.374. The van der Waals surface area contributed by atoms with Gasteiger partial charge >= 0.3 is 5.51 Å². The van der Waals surface area contributed by atoms with Crippen molar-refractivity contribution in [3.05, 3.63) is 52.6 Å². The lowest BCUT2D eigenvalue weighted by Gasteiger charge is -2.36. The third-order valence-corrected chi connectivity index (χ3v) is 7.45. The molecule has 0 fully saturated rings. The molecule has 0 spiro atoms. The van der Waals surface area contributed by atoms with E-state index in [9.17, 15) is 45.0 Å². The van der Waals surface area contributed by atoms with Gasteiger partial charge in [0.1, 0.15) is 23.9 Å². The minimum Gasteiger partial charge on any atom is -0.396 e. The van der Waals surface area contributed by atoms with Gasteiger partial charge in [0.2, 0.25) is 0 Å². The molecule has 0 saturated heterocycles. The standard InChI is InChI=1S/C20H17F6NO4S/c21-10-5-11-9(8-28)3-4-27(18(11)13(22)6-10)15-1-2-16(32(30,31)20(24,25)26)17-12(15)7-14(23)19(17)29/h1-2,5-6,9,14,19,28-29H,3-4,7-8H2. The van der Waals surface area contributed by atoms with Crippen molar-refractivity contribution in [2.75, 3.05) is 18.1 Å². The zero-order chi connectivity index (χ0) is 23.6. The van der Waals surface area contributed by atoms with Crippen LogP contribution in [-0.2, 0) is 16.3 Å². The van der Waals surface area contributed by atoms with Crippen LogP contribution in [0.5, 0.6) is 0 Å². The molecule has 2 N–H and O–H groups in total. The Hall–Kier alpha value is -2.31. The Morgan fingerprint density at radius 3 is 2.47 bits per heavy atom. The normalized spacial score (nSPS) is 23.2. The Bertz CT molecular complexity index is 1180. The third-order valence-electron chi connectivity index (χ3n) is 5.90. The number of aliphatic hydroxyl groups excluding tert-OH is 2. The van der Waals surface area contributed by atoms with Gasteiger partial charge in [-0.3, -0.25) is 0 Å². The van der Waals surface area contributed by atoms with E-state index in [4.69, 9.17) is 0 Å². The summed E-state index contributed by atoms with van der Waals surface area (Å²) in [4.78, 5) is 0.0190. The molecule has 4 rings (SSSR count). The van der Waals surface area contributed by atoms with Crippen LogP contribution in [0, 0.1) is 11.6 Å². The molecule has 1 aliphatic carbocycles. The number of benzene rings is 2. The van der Waals surface area contributed by atoms with Gasteiger partial charge in [0, 0.05) is 36.2 Å². The molecule has 0 aromatic heterocycles. The summed E-state index contributed by atoms with van der Waals surface area (Å²) in [6, 6.07) is 3.23. The molecule has 174 valence electrons. The van der Waals surface area contributed by atoms with Crippen molar-refractivity contribution in [3.8, 4) is 0 Å². The van der Waals surface area contributed by atoms with E-state index < -0.39 is 68.7 Å². The Balaban J connectivity index is 1.95. The lowest BCUT2D eigenvalue weighted by Crippen LogP contribution is -2.31. The minimum absolute atomic E-state index is 0.00322. The average Bonchev–Trinajstić information content (AvgIpc) is 3.00. The molecule has 2 aliphatic rings. The van der Waals surface area contributed by atoms with Crippen LogP contribution in [0.1, 0.15) is 35.1 Å². The van der Waals surface area contributed by atoms with Gasteiger partial charge in [0.05, 0.1) is 17.2 Å². The predicted octanol–water partition coefficient (Wildman–Crippen LogP) is 3.80. The second-order valence-corrected chi connectivity index (χ2v) is 9.64. The molecule has 32 heavy (non-hydrogen) atoms. The van der Waals surface area contributed by atoms with Crippen molar-refractivity contribution >= 4 is 21.2 Å². The number of anilines is 2. The van der Waals surface area contributed by atoms with Crippen molar-refractivity contribution in [2.24, 2.45) is 0 Å². The first-order valence-corrected chi connectivity index (χ1v) is 11.0. The highest BCUT2D eigenvalue weighted by Gasteiger charge is 2.51. The van der Waals surface area contributed by atoms with Crippen LogP contribution in [0.4, 0.5) is 37.7 Å². The van der Waals surface area contributed by atoms with Crippen molar-refractivity contribution in [3.63, 3.8) is 0 Å². The number of alkyl halides is 4. The molecule has 12 heteroatoms. The van der Waals surface area contributed by atoms with Gasteiger partial charge in [0.25, 0.3) is 9.84 Å². The average molecular weight is 481 g/mol. The van der Waals surface area contributed by atoms with Gasteiger partial charge in [-0.2, -0.15) is 13.2 Å². The van der Waals surface area contributed by atoms with Crippen molar-refractivity contribution in [2.45, 2.75) is 41.4 Å². The number of sulfone groups is 1. The number of rotatable bonds is 3. The molecule has 1 heterocycles. The second kappa shape index (κ2) is 7.63. The van der Waals surface area contributed by atoms with E-state index in [1.54, 1.807) is 0 Å². The van der Waals surface area contributed by atoms with E-state index in [0.717, 1.165) is 12.1 Å². The van der Waals surface area contributed by atoms with Crippen LogP contribution in [0.3, 0.4) is 0 Å². The van der Waals surface area contributed by atoms with E-state index in [1.807, 2.05) is 0 Å². The molecule has 0 radical (unpaired) electrons. The van der Waals surface area contributed by atoms with E-state index in [-0.39, 0.29) is 35.5 Å². The monoisotopic (exact) mass is 481 g/mol. The van der Waals surface area contributed by atoms with Gasteiger partial charge in [-0.1, -0.05) is 0 Å². The predicted molar refractivity (Wildman–Crippen MR) is 101 cm³/mol. The molecule has 2 aromatic rings. The summed E-state index contributed by atoms with van der Waals surface area (Å²) in [7, 11) is -5.89. The fourth-order valence-corrected chi connectivity index (χ4v) is 5.46. The summed E-state index contributed by atoms with van der Waals surface area (Å²) in [5, 5.41) is 19.8. The van der Waals surface area contributed by atoms with Gasteiger partial charge in [-0.15, -0.1) is 0 Å². The fraction of sp³-hybridized carbons (Fsp3) is 0.400. The first-order chi connectivity index (χ1) is 14.9. The van der Waals surface area contributed by atoms with E-state index in [1.165, 1.54) is 4.90 Å². The highest BCUT2D eigenvalue weighted by Crippen LogP contribution is 2.49. The molecule has 1 aliphatic heterocycles. The van der Waals surface area contributed by atoms with E-state index in [0.29, 0.717) is 12.1 Å². The largest absolute Gasteiger partial charge is 0.501 e. The Morgan fingerprint density at radius 1 is 1.16 bits per heavy atom. The zero-order valence-corrected chi connectivity index (χ0v) is 17.0. The molecule has 3 unspecified atom stereocenters. The summed E-state index contributed by atoms with van der Waals surface area (Å²) in [5.74, 6) is -2.50. The highest BCUT2D eigenvalue weighted by molar-refractivity contribution is 7.92. The van der Waals surface area contributed by atoms with Crippen LogP contribution in [0.25, 0.3) is 0 Å². The Labute approximate surface area is 178 Å². The maximum absolute atomic E-state index is 14.8. The molecule has 5 nitrogen and oxygen atoms in total. The first kappa shape index (κ1) is 22.9. The Kier molecular flexibility index (Phi) is 5.45. The number of aliphatic hydroxyl groups is 2. The highest BCUT2D eigenvalue weighted by atomic mass is 32.2.